The minimum atomic E-state index is -0.791. The van der Waals surface area contributed by atoms with Gasteiger partial charge < -0.3 is 24.3 Å². The summed E-state index contributed by atoms with van der Waals surface area (Å²) in [6.07, 6.45) is 5.08. The summed E-state index contributed by atoms with van der Waals surface area (Å²) >= 11 is 0. The van der Waals surface area contributed by atoms with Crippen LogP contribution in [-0.2, 0) is 9.53 Å². The number of carbonyl (C=O) groups excluding carboxylic acids is 3. The van der Waals surface area contributed by atoms with Gasteiger partial charge in [0.2, 0.25) is 5.75 Å². The van der Waals surface area contributed by atoms with Gasteiger partial charge >= 0.3 is 12.0 Å². The molecule has 1 aliphatic carbocycles. The van der Waals surface area contributed by atoms with Gasteiger partial charge in [0.05, 0.1) is 21.3 Å². The molecule has 0 heterocycles. The van der Waals surface area contributed by atoms with Crippen LogP contribution in [0.15, 0.2) is 12.1 Å². The van der Waals surface area contributed by atoms with Crippen molar-refractivity contribution in [3.05, 3.63) is 17.7 Å². The van der Waals surface area contributed by atoms with E-state index in [0.29, 0.717) is 5.75 Å². The Kier molecular flexibility index (Phi) is 7.91. The quantitative estimate of drug-likeness (QED) is 0.681. The summed E-state index contributed by atoms with van der Waals surface area (Å²) in [4.78, 5) is 36.1. The van der Waals surface area contributed by atoms with Crippen LogP contribution >= 0.6 is 0 Å². The van der Waals surface area contributed by atoms with E-state index in [-0.39, 0.29) is 23.1 Å². The van der Waals surface area contributed by atoms with Crippen molar-refractivity contribution < 1.29 is 33.3 Å². The lowest BCUT2D eigenvalue weighted by molar-refractivity contribution is -0.123. The first-order valence-electron chi connectivity index (χ1n) is 9.06. The largest absolute Gasteiger partial charge is 0.493 e. The lowest BCUT2D eigenvalue weighted by Crippen LogP contribution is -2.46. The number of carbonyl (C=O) groups is 3. The predicted octanol–water partition coefficient (Wildman–Crippen LogP) is 2.03. The number of esters is 1. The van der Waals surface area contributed by atoms with E-state index in [0.717, 1.165) is 32.1 Å². The monoisotopic (exact) mass is 394 g/mol. The van der Waals surface area contributed by atoms with Gasteiger partial charge in [0.15, 0.2) is 18.1 Å². The van der Waals surface area contributed by atoms with Gasteiger partial charge in [-0.25, -0.2) is 9.59 Å². The highest BCUT2D eigenvalue weighted by molar-refractivity contribution is 5.98. The standard InChI is InChI=1S/C19H26N2O7/c1-25-14-10-9-13(16(26-2)17(14)27-3)18(23)28-11-15(22)21-19(24)20-12-7-5-4-6-8-12/h9-10,12H,4-8,11H2,1-3H3,(H2,20,21,22,24). The predicted molar refractivity (Wildman–Crippen MR) is 99.9 cm³/mol. The van der Waals surface area contributed by atoms with Gasteiger partial charge in [-0.2, -0.15) is 0 Å². The fourth-order valence-electron chi connectivity index (χ4n) is 3.10. The van der Waals surface area contributed by atoms with E-state index in [9.17, 15) is 14.4 Å². The zero-order valence-corrected chi connectivity index (χ0v) is 16.3. The van der Waals surface area contributed by atoms with Crippen LogP contribution < -0.4 is 24.8 Å². The van der Waals surface area contributed by atoms with Gasteiger partial charge in [-0.3, -0.25) is 10.1 Å². The summed E-state index contributed by atoms with van der Waals surface area (Å²) in [5.74, 6) is -0.771. The maximum atomic E-state index is 12.3. The molecular weight excluding hydrogens is 368 g/mol. The molecule has 1 saturated carbocycles. The van der Waals surface area contributed by atoms with Crippen molar-refractivity contribution in [2.75, 3.05) is 27.9 Å². The molecule has 0 saturated heterocycles. The minimum Gasteiger partial charge on any atom is -0.493 e. The zero-order chi connectivity index (χ0) is 20.5. The van der Waals surface area contributed by atoms with Crippen molar-refractivity contribution in [2.45, 2.75) is 38.1 Å². The van der Waals surface area contributed by atoms with Crippen molar-refractivity contribution in [3.8, 4) is 17.2 Å². The molecule has 1 aromatic carbocycles. The second-order valence-corrected chi connectivity index (χ2v) is 6.31. The molecule has 0 unspecified atom stereocenters. The Morgan fingerprint density at radius 2 is 1.64 bits per heavy atom. The van der Waals surface area contributed by atoms with Crippen LogP contribution in [0.3, 0.4) is 0 Å². The van der Waals surface area contributed by atoms with Gasteiger partial charge in [-0.05, 0) is 25.0 Å². The molecule has 1 aromatic rings. The number of nitrogens with one attached hydrogen (secondary N) is 2. The first-order valence-corrected chi connectivity index (χ1v) is 9.06. The number of rotatable bonds is 7. The summed E-state index contributed by atoms with van der Waals surface area (Å²) < 4.78 is 20.6. The second kappa shape index (κ2) is 10.4. The minimum absolute atomic E-state index is 0.0691. The zero-order valence-electron chi connectivity index (χ0n) is 16.3. The molecule has 154 valence electrons. The number of imide groups is 1. The molecule has 2 N–H and O–H groups in total. The molecule has 1 fully saturated rings. The molecule has 9 nitrogen and oxygen atoms in total. The Morgan fingerprint density at radius 3 is 2.25 bits per heavy atom. The van der Waals surface area contributed by atoms with Crippen LogP contribution in [-0.4, -0.2) is 51.9 Å². The summed E-state index contributed by atoms with van der Waals surface area (Å²) in [5.41, 5.74) is 0.0691. The fourth-order valence-corrected chi connectivity index (χ4v) is 3.10. The molecule has 0 radical (unpaired) electrons. The maximum absolute atomic E-state index is 12.3. The van der Waals surface area contributed by atoms with Gasteiger partial charge in [0.1, 0.15) is 5.56 Å². The molecule has 0 bridgehead atoms. The highest BCUT2D eigenvalue weighted by Crippen LogP contribution is 2.39. The number of benzene rings is 1. The SMILES string of the molecule is COc1ccc(C(=O)OCC(=O)NC(=O)NC2CCCCC2)c(OC)c1OC. The number of hydrogen-bond acceptors (Lipinski definition) is 7. The van der Waals surface area contributed by atoms with Gasteiger partial charge in [-0.15, -0.1) is 0 Å². The third-order valence-electron chi connectivity index (χ3n) is 4.45. The smallest absolute Gasteiger partial charge is 0.342 e. The third kappa shape index (κ3) is 5.51. The molecule has 3 amide bonds. The van der Waals surface area contributed by atoms with Crippen molar-refractivity contribution in [1.29, 1.82) is 0 Å². The van der Waals surface area contributed by atoms with Crippen LogP contribution in [0.2, 0.25) is 0 Å². The molecule has 0 spiro atoms. The van der Waals surface area contributed by atoms with Gasteiger partial charge in [0.25, 0.3) is 5.91 Å². The van der Waals surface area contributed by atoms with Crippen LogP contribution in [0.5, 0.6) is 17.2 Å². The van der Waals surface area contributed by atoms with Crippen LogP contribution in [0.1, 0.15) is 42.5 Å². The molecule has 1 aliphatic rings. The van der Waals surface area contributed by atoms with E-state index in [1.54, 1.807) is 0 Å². The van der Waals surface area contributed by atoms with E-state index in [2.05, 4.69) is 10.6 Å². The van der Waals surface area contributed by atoms with Gasteiger partial charge in [0, 0.05) is 6.04 Å². The van der Waals surface area contributed by atoms with E-state index in [4.69, 9.17) is 18.9 Å². The summed E-state index contributed by atoms with van der Waals surface area (Å²) in [6.45, 7) is -0.603. The highest BCUT2D eigenvalue weighted by Gasteiger charge is 2.23. The Bertz CT molecular complexity index is 714. The molecule has 0 atom stereocenters. The number of ether oxygens (including phenoxy) is 4. The number of methoxy groups -OCH3 is 3. The summed E-state index contributed by atoms with van der Waals surface area (Å²) in [6, 6.07) is 2.45. The van der Waals surface area contributed by atoms with E-state index in [1.165, 1.54) is 33.5 Å². The first-order chi connectivity index (χ1) is 13.5. The lowest BCUT2D eigenvalue weighted by Gasteiger charge is -2.22. The van der Waals surface area contributed by atoms with Crippen LogP contribution in [0, 0.1) is 0 Å². The van der Waals surface area contributed by atoms with Crippen LogP contribution in [0.4, 0.5) is 4.79 Å². The molecule has 0 aliphatic heterocycles. The maximum Gasteiger partial charge on any atom is 0.342 e. The topological polar surface area (TPSA) is 112 Å². The van der Waals surface area contributed by atoms with Crippen molar-refractivity contribution in [2.24, 2.45) is 0 Å². The third-order valence-corrected chi connectivity index (χ3v) is 4.45. The van der Waals surface area contributed by atoms with Gasteiger partial charge in [-0.1, -0.05) is 19.3 Å². The van der Waals surface area contributed by atoms with Crippen molar-refractivity contribution in [1.82, 2.24) is 10.6 Å². The van der Waals surface area contributed by atoms with E-state index >= 15 is 0 Å². The lowest BCUT2D eigenvalue weighted by atomic mass is 9.96. The Labute approximate surface area is 163 Å². The van der Waals surface area contributed by atoms with E-state index < -0.39 is 24.5 Å². The van der Waals surface area contributed by atoms with Crippen molar-refractivity contribution in [3.63, 3.8) is 0 Å². The number of urea groups is 1. The Morgan fingerprint density at radius 1 is 0.964 bits per heavy atom. The molecule has 0 aromatic heterocycles. The molecular formula is C19H26N2O7. The summed E-state index contributed by atoms with van der Waals surface area (Å²) in [5, 5.41) is 4.91. The summed E-state index contributed by atoms with van der Waals surface area (Å²) in [7, 11) is 4.24. The fraction of sp³-hybridized carbons (Fsp3) is 0.526. The normalized spacial score (nSPS) is 14.0. The number of amides is 3. The second-order valence-electron chi connectivity index (χ2n) is 6.31. The molecule has 2 rings (SSSR count). The number of hydrogen-bond donors (Lipinski definition) is 2. The molecule has 28 heavy (non-hydrogen) atoms. The first kappa shape index (κ1) is 21.3. The average Bonchev–Trinajstić information content (AvgIpc) is 2.71. The van der Waals surface area contributed by atoms with Crippen LogP contribution in [0.25, 0.3) is 0 Å². The Balaban J connectivity index is 1.90. The Hall–Kier alpha value is -2.97. The highest BCUT2D eigenvalue weighted by atomic mass is 16.5. The van der Waals surface area contributed by atoms with E-state index in [1.807, 2.05) is 0 Å². The molecule has 9 heteroatoms. The average molecular weight is 394 g/mol. The van der Waals surface area contributed by atoms with Crippen molar-refractivity contribution >= 4 is 17.9 Å².